The van der Waals surface area contributed by atoms with E-state index in [4.69, 9.17) is 16.3 Å². The van der Waals surface area contributed by atoms with Crippen LogP contribution >= 0.6 is 22.9 Å². The summed E-state index contributed by atoms with van der Waals surface area (Å²) in [4.78, 5) is 14.3. The van der Waals surface area contributed by atoms with E-state index in [1.165, 1.54) is 0 Å². The summed E-state index contributed by atoms with van der Waals surface area (Å²) in [5, 5.41) is 8.68. The molecule has 0 radical (unpaired) electrons. The Morgan fingerprint density at radius 3 is 2.78 bits per heavy atom. The summed E-state index contributed by atoms with van der Waals surface area (Å²) in [5.41, 5.74) is 2.26. The molecule has 6 heteroatoms. The van der Waals surface area contributed by atoms with E-state index in [1.807, 2.05) is 53.9 Å². The molecule has 1 aliphatic heterocycles. The number of nitrogens with zero attached hydrogens (tertiary/aromatic N) is 2. The van der Waals surface area contributed by atoms with Crippen molar-refractivity contribution in [2.24, 2.45) is 5.10 Å². The molecule has 0 saturated carbocycles. The molecule has 0 saturated heterocycles. The number of ether oxygens (including phenoxy) is 1. The largest absolute Gasteiger partial charge is 0.497 e. The van der Waals surface area contributed by atoms with Crippen molar-refractivity contribution >= 4 is 34.6 Å². The van der Waals surface area contributed by atoms with Gasteiger partial charge in [0.25, 0.3) is 5.91 Å². The van der Waals surface area contributed by atoms with Crippen LogP contribution in [-0.4, -0.2) is 23.7 Å². The Morgan fingerprint density at radius 1 is 1.19 bits per heavy atom. The summed E-state index contributed by atoms with van der Waals surface area (Å²) < 4.78 is 5.32. The second-order valence-electron chi connectivity index (χ2n) is 6.14. The lowest BCUT2D eigenvalue weighted by atomic mass is 10.0. The van der Waals surface area contributed by atoms with E-state index in [-0.39, 0.29) is 11.9 Å². The zero-order chi connectivity index (χ0) is 18.8. The maximum absolute atomic E-state index is 13.2. The number of benzene rings is 2. The number of rotatable bonds is 4. The molecule has 1 aromatic heterocycles. The molecule has 0 aliphatic carbocycles. The molecule has 2 heterocycles. The molecular weight excluding hydrogens is 380 g/mol. The van der Waals surface area contributed by atoms with Crippen molar-refractivity contribution in [3.05, 3.63) is 87.1 Å². The minimum absolute atomic E-state index is 0.144. The minimum Gasteiger partial charge on any atom is -0.497 e. The highest BCUT2D eigenvalue weighted by Crippen LogP contribution is 2.37. The van der Waals surface area contributed by atoms with Gasteiger partial charge in [-0.1, -0.05) is 41.9 Å². The van der Waals surface area contributed by atoms with Gasteiger partial charge in [-0.2, -0.15) is 5.10 Å². The number of methoxy groups -OCH3 is 1. The van der Waals surface area contributed by atoms with Gasteiger partial charge in [0.1, 0.15) is 5.75 Å². The molecule has 0 fully saturated rings. The molecule has 4 nitrogen and oxygen atoms in total. The van der Waals surface area contributed by atoms with Crippen molar-refractivity contribution in [2.75, 3.05) is 7.11 Å². The predicted molar refractivity (Wildman–Crippen MR) is 109 cm³/mol. The van der Waals surface area contributed by atoms with Crippen LogP contribution in [0.25, 0.3) is 0 Å². The molecule has 2 aromatic carbocycles. The van der Waals surface area contributed by atoms with Crippen LogP contribution in [-0.2, 0) is 0 Å². The van der Waals surface area contributed by atoms with Gasteiger partial charge >= 0.3 is 0 Å². The zero-order valence-corrected chi connectivity index (χ0v) is 16.2. The highest BCUT2D eigenvalue weighted by Gasteiger charge is 2.35. The summed E-state index contributed by atoms with van der Waals surface area (Å²) in [6.07, 6.45) is 0.643. The highest BCUT2D eigenvalue weighted by molar-refractivity contribution is 7.10. The lowest BCUT2D eigenvalue weighted by molar-refractivity contribution is 0.0714. The second-order valence-corrected chi connectivity index (χ2v) is 7.53. The summed E-state index contributed by atoms with van der Waals surface area (Å²) in [6.45, 7) is 0. The number of hydrogen-bond donors (Lipinski definition) is 0. The monoisotopic (exact) mass is 396 g/mol. The topological polar surface area (TPSA) is 41.9 Å². The van der Waals surface area contributed by atoms with Crippen LogP contribution in [0.2, 0.25) is 5.02 Å². The third-order valence-electron chi connectivity index (χ3n) is 4.50. The predicted octanol–water partition coefficient (Wildman–Crippen LogP) is 5.40. The quantitative estimate of drug-likeness (QED) is 0.592. The van der Waals surface area contributed by atoms with E-state index in [1.54, 1.807) is 35.6 Å². The van der Waals surface area contributed by atoms with Crippen LogP contribution in [0.15, 0.2) is 71.1 Å². The van der Waals surface area contributed by atoms with E-state index in [0.29, 0.717) is 17.0 Å². The van der Waals surface area contributed by atoms with Crippen molar-refractivity contribution in [3.8, 4) is 5.75 Å². The molecule has 136 valence electrons. The second kappa shape index (κ2) is 7.55. The van der Waals surface area contributed by atoms with E-state index >= 15 is 0 Å². The third-order valence-corrected chi connectivity index (χ3v) is 5.80. The summed E-state index contributed by atoms with van der Waals surface area (Å²) in [7, 11) is 1.64. The molecular formula is C21H17ClN2O2S. The molecule has 0 bridgehead atoms. The van der Waals surface area contributed by atoms with E-state index < -0.39 is 0 Å². The van der Waals surface area contributed by atoms with Gasteiger partial charge in [0.2, 0.25) is 0 Å². The van der Waals surface area contributed by atoms with Crippen LogP contribution in [0.1, 0.15) is 33.3 Å². The molecule has 3 aromatic rings. The van der Waals surface area contributed by atoms with Gasteiger partial charge in [0.15, 0.2) is 0 Å². The Hall–Kier alpha value is -2.63. The van der Waals surface area contributed by atoms with Crippen molar-refractivity contribution in [1.82, 2.24) is 5.01 Å². The Balaban J connectivity index is 1.74. The summed E-state index contributed by atoms with van der Waals surface area (Å²) in [5.74, 6) is 0.565. The Morgan fingerprint density at radius 2 is 2.04 bits per heavy atom. The van der Waals surface area contributed by atoms with E-state index in [2.05, 4.69) is 5.10 Å². The fraction of sp³-hybridized carbons (Fsp3) is 0.143. The molecule has 0 N–H and O–H groups in total. The lowest BCUT2D eigenvalue weighted by Gasteiger charge is -2.21. The van der Waals surface area contributed by atoms with E-state index in [9.17, 15) is 4.79 Å². The fourth-order valence-electron chi connectivity index (χ4n) is 3.14. The van der Waals surface area contributed by atoms with Gasteiger partial charge in [-0.05, 0) is 35.7 Å². The number of amides is 1. The first kappa shape index (κ1) is 17.8. The van der Waals surface area contributed by atoms with Crippen molar-refractivity contribution in [2.45, 2.75) is 12.5 Å². The molecule has 1 aliphatic rings. The normalized spacial score (nSPS) is 16.3. The van der Waals surface area contributed by atoms with Crippen LogP contribution in [0.5, 0.6) is 5.75 Å². The highest BCUT2D eigenvalue weighted by atomic mass is 35.5. The molecule has 4 rings (SSSR count). The smallest absolute Gasteiger partial charge is 0.276 e. The van der Waals surface area contributed by atoms with Gasteiger partial charge in [0, 0.05) is 16.9 Å². The van der Waals surface area contributed by atoms with Crippen LogP contribution in [0.3, 0.4) is 0 Å². The molecule has 0 spiro atoms. The number of thiophene rings is 1. The number of hydrogen-bond acceptors (Lipinski definition) is 4. The maximum Gasteiger partial charge on any atom is 0.276 e. The summed E-state index contributed by atoms with van der Waals surface area (Å²) in [6, 6.07) is 18.7. The standard InChI is InChI=1S/C21H17ClN2O2S/c1-26-15-7-4-6-14(12-15)18-13-19(20-10-5-11-27-20)24(23-18)21(25)16-8-2-3-9-17(16)22/h2-12,19H,13H2,1H3/t19-/m0/s1. The molecule has 0 unspecified atom stereocenters. The van der Waals surface area contributed by atoms with Crippen molar-refractivity contribution in [1.29, 1.82) is 0 Å². The minimum atomic E-state index is -0.197. The molecule has 27 heavy (non-hydrogen) atoms. The number of carbonyl (C=O) groups is 1. The van der Waals surface area contributed by atoms with Crippen LogP contribution in [0.4, 0.5) is 0 Å². The molecule has 1 atom stereocenters. The number of halogens is 1. The fourth-order valence-corrected chi connectivity index (χ4v) is 4.16. The Bertz CT molecular complexity index is 1000. The first-order valence-corrected chi connectivity index (χ1v) is 9.76. The Labute approximate surface area is 166 Å². The average molecular weight is 397 g/mol. The van der Waals surface area contributed by atoms with Crippen LogP contribution < -0.4 is 4.74 Å². The van der Waals surface area contributed by atoms with Gasteiger partial charge < -0.3 is 4.74 Å². The van der Waals surface area contributed by atoms with Gasteiger partial charge in [0.05, 0.1) is 29.4 Å². The van der Waals surface area contributed by atoms with Crippen molar-refractivity contribution in [3.63, 3.8) is 0 Å². The SMILES string of the molecule is COc1cccc(C2=NN(C(=O)c3ccccc3Cl)[C@H](c3cccs3)C2)c1. The zero-order valence-electron chi connectivity index (χ0n) is 14.6. The van der Waals surface area contributed by atoms with Gasteiger partial charge in [-0.15, -0.1) is 11.3 Å². The van der Waals surface area contributed by atoms with Crippen molar-refractivity contribution < 1.29 is 9.53 Å². The maximum atomic E-state index is 13.2. The Kier molecular flexibility index (Phi) is 4.97. The average Bonchev–Trinajstić information content (AvgIpc) is 3.37. The summed E-state index contributed by atoms with van der Waals surface area (Å²) >= 11 is 7.87. The van der Waals surface area contributed by atoms with Crippen LogP contribution in [0, 0.1) is 0 Å². The van der Waals surface area contributed by atoms with Gasteiger partial charge in [-0.25, -0.2) is 5.01 Å². The molecule has 1 amide bonds. The first-order valence-electron chi connectivity index (χ1n) is 8.51. The first-order chi connectivity index (χ1) is 13.2. The lowest BCUT2D eigenvalue weighted by Crippen LogP contribution is -2.26. The third kappa shape index (κ3) is 3.48. The van der Waals surface area contributed by atoms with Gasteiger partial charge in [-0.3, -0.25) is 4.79 Å². The van der Waals surface area contributed by atoms with E-state index in [0.717, 1.165) is 21.9 Å². The number of carbonyl (C=O) groups excluding carboxylic acids is 1. The number of hydrazone groups is 1.